The van der Waals surface area contributed by atoms with Gasteiger partial charge in [0.25, 0.3) is 0 Å². The average molecular weight is 288 g/mol. The second kappa shape index (κ2) is 6.18. The molecule has 3 rings (SSSR count). The summed E-state index contributed by atoms with van der Waals surface area (Å²) in [6.07, 6.45) is 7.26. The van der Waals surface area contributed by atoms with E-state index in [9.17, 15) is 4.79 Å². The third kappa shape index (κ3) is 3.29. The molecule has 3 nitrogen and oxygen atoms in total. The minimum absolute atomic E-state index is 0.254. The lowest BCUT2D eigenvalue weighted by atomic mass is 9.72. The minimum Gasteiger partial charge on any atom is -0.436 e. The number of esters is 1. The van der Waals surface area contributed by atoms with E-state index in [0.29, 0.717) is 0 Å². The first-order chi connectivity index (χ1) is 10.2. The lowest BCUT2D eigenvalue weighted by Crippen LogP contribution is -2.41. The predicted molar refractivity (Wildman–Crippen MR) is 80.6 cm³/mol. The Kier molecular flexibility index (Phi) is 4.29. The first-order valence-corrected chi connectivity index (χ1v) is 8.08. The van der Waals surface area contributed by atoms with Gasteiger partial charge in [0.05, 0.1) is 5.60 Å². The summed E-state index contributed by atoms with van der Waals surface area (Å²) in [6, 6.07) is 10.5. The summed E-state index contributed by atoms with van der Waals surface area (Å²) in [6.45, 7) is 1.46. The summed E-state index contributed by atoms with van der Waals surface area (Å²) in [4.78, 5) is 11.3. The van der Waals surface area contributed by atoms with Gasteiger partial charge in [-0.05, 0) is 37.2 Å². The molecule has 1 saturated heterocycles. The van der Waals surface area contributed by atoms with Gasteiger partial charge in [0.1, 0.15) is 0 Å². The van der Waals surface area contributed by atoms with Crippen molar-refractivity contribution in [1.29, 1.82) is 0 Å². The van der Waals surface area contributed by atoms with Crippen LogP contribution in [0.2, 0.25) is 0 Å². The van der Waals surface area contributed by atoms with Crippen molar-refractivity contribution in [3.05, 3.63) is 35.9 Å². The third-order valence-electron chi connectivity index (χ3n) is 4.82. The molecule has 0 N–H and O–H groups in total. The predicted octanol–water partition coefficient (Wildman–Crippen LogP) is 4.16. The number of carbonyl (C=O) groups excluding carboxylic acids is 1. The monoisotopic (exact) mass is 288 g/mol. The average Bonchev–Trinajstić information content (AvgIpc) is 2.46. The van der Waals surface area contributed by atoms with Crippen molar-refractivity contribution in [1.82, 2.24) is 0 Å². The second-order valence-electron chi connectivity index (χ2n) is 6.41. The Morgan fingerprint density at radius 2 is 1.95 bits per heavy atom. The molecular weight excluding hydrogens is 264 g/mol. The van der Waals surface area contributed by atoms with Crippen molar-refractivity contribution in [2.24, 2.45) is 5.92 Å². The largest absolute Gasteiger partial charge is 0.436 e. The smallest absolute Gasteiger partial charge is 0.304 e. The number of carbonyl (C=O) groups is 1. The number of hydrogen-bond acceptors (Lipinski definition) is 3. The zero-order chi connectivity index (χ0) is 14.7. The van der Waals surface area contributed by atoms with E-state index in [1.807, 2.05) is 6.07 Å². The molecule has 1 heterocycles. The van der Waals surface area contributed by atoms with Crippen molar-refractivity contribution in [3.63, 3.8) is 0 Å². The fourth-order valence-corrected chi connectivity index (χ4v) is 3.92. The lowest BCUT2D eigenvalue weighted by molar-refractivity contribution is -0.234. The summed E-state index contributed by atoms with van der Waals surface area (Å²) < 4.78 is 11.8. The van der Waals surface area contributed by atoms with E-state index in [-0.39, 0.29) is 11.6 Å². The first-order valence-electron chi connectivity index (χ1n) is 8.08. The van der Waals surface area contributed by atoms with Gasteiger partial charge in [-0.15, -0.1) is 0 Å². The Bertz CT molecular complexity index is 484. The molecular formula is C18H24O3. The van der Waals surface area contributed by atoms with Gasteiger partial charge in [0.15, 0.2) is 0 Å². The molecule has 1 aliphatic carbocycles. The minimum atomic E-state index is -0.401. The molecule has 1 aromatic carbocycles. The van der Waals surface area contributed by atoms with E-state index in [1.165, 1.54) is 31.7 Å². The zero-order valence-electron chi connectivity index (χ0n) is 12.7. The molecule has 0 radical (unpaired) electrons. The standard InChI is InChI=1S/C18H24O3/c1-14(19)20-17-11-5-7-15-8-6-12-18(13-15,21-17)16-9-3-2-4-10-16/h2-4,9-10,15,17H,5-8,11-13H2,1H3. The highest BCUT2D eigenvalue weighted by molar-refractivity contribution is 5.66. The summed E-state index contributed by atoms with van der Waals surface area (Å²) >= 11 is 0. The fraction of sp³-hybridized carbons (Fsp3) is 0.611. The van der Waals surface area contributed by atoms with E-state index in [1.54, 1.807) is 0 Å². The molecule has 2 fully saturated rings. The molecule has 0 amide bonds. The van der Waals surface area contributed by atoms with Crippen molar-refractivity contribution in [3.8, 4) is 0 Å². The van der Waals surface area contributed by atoms with E-state index >= 15 is 0 Å². The summed E-state index contributed by atoms with van der Waals surface area (Å²) in [5, 5.41) is 0. The maximum absolute atomic E-state index is 11.3. The van der Waals surface area contributed by atoms with Crippen LogP contribution in [0.15, 0.2) is 30.3 Å². The molecule has 3 atom stereocenters. The Morgan fingerprint density at radius 3 is 2.71 bits per heavy atom. The van der Waals surface area contributed by atoms with E-state index < -0.39 is 6.29 Å². The van der Waals surface area contributed by atoms with Crippen LogP contribution in [0.4, 0.5) is 0 Å². The maximum Gasteiger partial charge on any atom is 0.304 e. The van der Waals surface area contributed by atoms with Gasteiger partial charge in [-0.25, -0.2) is 0 Å². The number of hydrogen-bond donors (Lipinski definition) is 0. The zero-order valence-corrected chi connectivity index (χ0v) is 12.7. The highest BCUT2D eigenvalue weighted by Crippen LogP contribution is 2.47. The van der Waals surface area contributed by atoms with E-state index in [2.05, 4.69) is 24.3 Å². The Morgan fingerprint density at radius 1 is 1.19 bits per heavy atom. The highest BCUT2D eigenvalue weighted by atomic mass is 16.7. The normalized spacial score (nSPS) is 32.8. The van der Waals surface area contributed by atoms with Crippen LogP contribution in [0.3, 0.4) is 0 Å². The van der Waals surface area contributed by atoms with Gasteiger partial charge < -0.3 is 9.47 Å². The summed E-state index contributed by atoms with van der Waals surface area (Å²) in [5.41, 5.74) is 0.957. The second-order valence-corrected chi connectivity index (χ2v) is 6.41. The van der Waals surface area contributed by atoms with Crippen LogP contribution in [0.5, 0.6) is 0 Å². The van der Waals surface area contributed by atoms with Gasteiger partial charge in [-0.1, -0.05) is 43.2 Å². The fourth-order valence-electron chi connectivity index (χ4n) is 3.92. The molecule has 0 spiro atoms. The molecule has 2 bridgehead atoms. The molecule has 3 heteroatoms. The van der Waals surface area contributed by atoms with Crippen LogP contribution in [0.25, 0.3) is 0 Å². The van der Waals surface area contributed by atoms with Crippen LogP contribution in [0.1, 0.15) is 57.4 Å². The number of ether oxygens (including phenoxy) is 2. The van der Waals surface area contributed by atoms with Gasteiger partial charge in [-0.2, -0.15) is 0 Å². The van der Waals surface area contributed by atoms with Gasteiger partial charge in [0, 0.05) is 13.3 Å². The van der Waals surface area contributed by atoms with Crippen LogP contribution >= 0.6 is 0 Å². The molecule has 1 aliphatic heterocycles. The lowest BCUT2D eigenvalue weighted by Gasteiger charge is -2.44. The Labute approximate surface area is 126 Å². The van der Waals surface area contributed by atoms with Crippen LogP contribution in [0, 0.1) is 5.92 Å². The van der Waals surface area contributed by atoms with Gasteiger partial charge in [-0.3, -0.25) is 4.79 Å². The maximum atomic E-state index is 11.3. The van der Waals surface area contributed by atoms with Crippen LogP contribution in [-0.2, 0) is 19.9 Å². The molecule has 114 valence electrons. The molecule has 3 unspecified atom stereocenters. The summed E-state index contributed by atoms with van der Waals surface area (Å²) in [5.74, 6) is 0.480. The van der Waals surface area contributed by atoms with Crippen LogP contribution in [-0.4, -0.2) is 12.3 Å². The molecule has 0 aromatic heterocycles. The molecule has 2 aliphatic rings. The molecule has 1 saturated carbocycles. The highest BCUT2D eigenvalue weighted by Gasteiger charge is 2.42. The van der Waals surface area contributed by atoms with E-state index in [0.717, 1.165) is 31.6 Å². The SMILES string of the molecule is CC(=O)OC1CCCC2CCCC(c3ccccc3)(C2)O1. The third-order valence-corrected chi connectivity index (χ3v) is 4.82. The first kappa shape index (κ1) is 14.6. The molecule has 21 heavy (non-hydrogen) atoms. The number of rotatable bonds is 2. The van der Waals surface area contributed by atoms with Crippen molar-refractivity contribution < 1.29 is 14.3 Å². The Balaban J connectivity index is 1.89. The quantitative estimate of drug-likeness (QED) is 0.766. The Hall–Kier alpha value is -1.35. The van der Waals surface area contributed by atoms with Crippen molar-refractivity contribution in [2.45, 2.75) is 63.8 Å². The van der Waals surface area contributed by atoms with Gasteiger partial charge in [0.2, 0.25) is 6.29 Å². The van der Waals surface area contributed by atoms with Gasteiger partial charge >= 0.3 is 5.97 Å². The van der Waals surface area contributed by atoms with E-state index in [4.69, 9.17) is 9.47 Å². The molecule has 1 aromatic rings. The topological polar surface area (TPSA) is 35.5 Å². The summed E-state index contributed by atoms with van der Waals surface area (Å²) in [7, 11) is 0. The van der Waals surface area contributed by atoms with Crippen molar-refractivity contribution in [2.75, 3.05) is 0 Å². The number of fused-ring (bicyclic) bond motifs is 2. The number of benzene rings is 1. The van der Waals surface area contributed by atoms with Crippen LogP contribution < -0.4 is 0 Å². The van der Waals surface area contributed by atoms with Crippen molar-refractivity contribution >= 4 is 5.97 Å².